The minimum Gasteiger partial charge on any atom is -0.496 e. The van der Waals surface area contributed by atoms with Crippen LogP contribution in [0.2, 0.25) is 0 Å². The zero-order valence-corrected chi connectivity index (χ0v) is 18.0. The van der Waals surface area contributed by atoms with E-state index in [4.69, 9.17) is 14.7 Å². The fourth-order valence-electron chi connectivity index (χ4n) is 4.03. The molecule has 1 unspecified atom stereocenters. The summed E-state index contributed by atoms with van der Waals surface area (Å²) in [6.07, 6.45) is 5.90. The first-order valence-electron chi connectivity index (χ1n) is 10.4. The Hall–Kier alpha value is -2.99. The quantitative estimate of drug-likeness (QED) is 0.620. The van der Waals surface area contributed by atoms with E-state index in [-0.39, 0.29) is 0 Å². The number of anilines is 1. The van der Waals surface area contributed by atoms with Crippen LogP contribution < -0.4 is 9.64 Å². The smallest absolute Gasteiger partial charge is 0.163 e. The molecular weight excluding hydrogens is 374 g/mol. The molecule has 3 aromatic rings. The molecule has 0 aliphatic carbocycles. The van der Waals surface area contributed by atoms with Gasteiger partial charge in [0.05, 0.1) is 12.8 Å². The maximum atomic E-state index is 5.55. The van der Waals surface area contributed by atoms with E-state index in [1.165, 1.54) is 5.56 Å². The van der Waals surface area contributed by atoms with Crippen molar-refractivity contribution < 1.29 is 4.74 Å². The number of hydrogen-bond acceptors (Lipinski definition) is 6. The van der Waals surface area contributed by atoms with Gasteiger partial charge in [-0.2, -0.15) is 0 Å². The summed E-state index contributed by atoms with van der Waals surface area (Å²) >= 11 is 0. The van der Waals surface area contributed by atoms with Crippen molar-refractivity contribution in [3.05, 3.63) is 66.1 Å². The average molecular weight is 404 g/mol. The first-order valence-corrected chi connectivity index (χ1v) is 10.4. The van der Waals surface area contributed by atoms with Gasteiger partial charge in [-0.1, -0.05) is 18.2 Å². The fraction of sp³-hybridized carbons (Fsp3) is 0.375. The summed E-state index contributed by atoms with van der Waals surface area (Å²) in [5.41, 5.74) is 3.29. The molecule has 0 amide bonds. The number of rotatable bonds is 6. The summed E-state index contributed by atoms with van der Waals surface area (Å²) < 4.78 is 5.55. The Balaban J connectivity index is 1.59. The van der Waals surface area contributed by atoms with Crippen LogP contribution in [0.3, 0.4) is 0 Å². The van der Waals surface area contributed by atoms with E-state index in [0.717, 1.165) is 61.1 Å². The highest BCUT2D eigenvalue weighted by atomic mass is 16.5. The van der Waals surface area contributed by atoms with Crippen LogP contribution in [0.5, 0.6) is 5.75 Å². The van der Waals surface area contributed by atoms with Gasteiger partial charge < -0.3 is 9.64 Å². The number of hydrogen-bond donors (Lipinski definition) is 0. The lowest BCUT2D eigenvalue weighted by atomic mass is 9.93. The third-order valence-electron chi connectivity index (χ3n) is 5.62. The molecule has 0 radical (unpaired) electrons. The summed E-state index contributed by atoms with van der Waals surface area (Å²) in [4.78, 5) is 18.5. The van der Waals surface area contributed by atoms with Gasteiger partial charge >= 0.3 is 0 Å². The monoisotopic (exact) mass is 403 g/mol. The van der Waals surface area contributed by atoms with Crippen molar-refractivity contribution in [2.45, 2.75) is 25.3 Å². The molecule has 1 aliphatic heterocycles. The third-order valence-corrected chi connectivity index (χ3v) is 5.62. The van der Waals surface area contributed by atoms with Gasteiger partial charge in [-0.3, -0.25) is 9.88 Å². The molecule has 6 nitrogen and oxygen atoms in total. The Bertz CT molecular complexity index is 976. The minimum absolute atomic E-state index is 0.380. The summed E-state index contributed by atoms with van der Waals surface area (Å²) in [5, 5.41) is 0. The van der Waals surface area contributed by atoms with Crippen LogP contribution >= 0.6 is 0 Å². The van der Waals surface area contributed by atoms with E-state index in [1.807, 2.05) is 49.5 Å². The number of nitrogens with zero attached hydrogens (tertiary/aromatic N) is 5. The number of pyridine rings is 1. The predicted octanol–water partition coefficient (Wildman–Crippen LogP) is 3.99. The highest BCUT2D eigenvalue weighted by Gasteiger charge is 2.24. The highest BCUT2D eigenvalue weighted by Crippen LogP contribution is 2.31. The second-order valence-electron chi connectivity index (χ2n) is 8.00. The number of benzene rings is 1. The molecule has 1 atom stereocenters. The average Bonchev–Trinajstić information content (AvgIpc) is 2.80. The molecule has 1 aliphatic rings. The van der Waals surface area contributed by atoms with Crippen molar-refractivity contribution >= 4 is 5.82 Å². The first-order chi connectivity index (χ1) is 14.6. The molecule has 3 heterocycles. The van der Waals surface area contributed by atoms with E-state index in [9.17, 15) is 0 Å². The molecule has 2 aromatic heterocycles. The molecule has 1 fully saturated rings. The number of aromatic nitrogens is 3. The zero-order valence-electron chi connectivity index (χ0n) is 18.0. The molecule has 30 heavy (non-hydrogen) atoms. The van der Waals surface area contributed by atoms with Gasteiger partial charge in [0.15, 0.2) is 5.82 Å². The van der Waals surface area contributed by atoms with Crippen LogP contribution in [0.25, 0.3) is 11.4 Å². The lowest BCUT2D eigenvalue weighted by Crippen LogP contribution is -2.34. The van der Waals surface area contributed by atoms with E-state index in [2.05, 4.69) is 28.1 Å². The topological polar surface area (TPSA) is 54.4 Å². The van der Waals surface area contributed by atoms with Crippen LogP contribution in [0.4, 0.5) is 5.82 Å². The van der Waals surface area contributed by atoms with E-state index >= 15 is 0 Å². The largest absolute Gasteiger partial charge is 0.496 e. The van der Waals surface area contributed by atoms with Crippen LogP contribution in [-0.2, 0) is 6.54 Å². The highest BCUT2D eigenvalue weighted by molar-refractivity contribution is 5.56. The molecule has 1 saturated heterocycles. The normalized spacial score (nSPS) is 17.0. The number of likely N-dealkylation sites (tertiary alicyclic amines) is 1. The first kappa shape index (κ1) is 20.3. The van der Waals surface area contributed by atoms with Crippen molar-refractivity contribution in [2.24, 2.45) is 0 Å². The van der Waals surface area contributed by atoms with Gasteiger partial charge in [-0.15, -0.1) is 0 Å². The van der Waals surface area contributed by atoms with Crippen molar-refractivity contribution in [1.29, 1.82) is 0 Å². The molecule has 0 bridgehead atoms. The number of ether oxygens (including phenoxy) is 1. The summed E-state index contributed by atoms with van der Waals surface area (Å²) in [6.45, 7) is 2.96. The van der Waals surface area contributed by atoms with Crippen LogP contribution in [-0.4, -0.2) is 54.1 Å². The van der Waals surface area contributed by atoms with Crippen LogP contribution in [0.1, 0.15) is 30.0 Å². The van der Waals surface area contributed by atoms with E-state index in [0.29, 0.717) is 5.92 Å². The van der Waals surface area contributed by atoms with Crippen molar-refractivity contribution in [3.8, 4) is 17.1 Å². The third kappa shape index (κ3) is 4.60. The Labute approximate surface area is 178 Å². The molecule has 1 aromatic carbocycles. The number of methoxy groups -OCH3 is 1. The molecule has 0 N–H and O–H groups in total. The minimum atomic E-state index is 0.380. The summed E-state index contributed by atoms with van der Waals surface area (Å²) in [5.74, 6) is 3.01. The Morgan fingerprint density at radius 1 is 1.13 bits per heavy atom. The Morgan fingerprint density at radius 2 is 2.00 bits per heavy atom. The maximum Gasteiger partial charge on any atom is 0.163 e. The maximum absolute atomic E-state index is 5.55. The molecule has 0 saturated carbocycles. The van der Waals surface area contributed by atoms with Gasteiger partial charge in [0.2, 0.25) is 0 Å². The van der Waals surface area contributed by atoms with E-state index < -0.39 is 0 Å². The van der Waals surface area contributed by atoms with Crippen molar-refractivity contribution in [3.63, 3.8) is 0 Å². The SMILES string of the molecule is COc1ccccc1CN1CCCC(c2cc(N(C)C)nc(-c3cccnc3)n2)C1. The van der Waals surface area contributed by atoms with Crippen molar-refractivity contribution in [2.75, 3.05) is 39.2 Å². The van der Waals surface area contributed by atoms with Gasteiger partial charge in [-0.05, 0) is 37.6 Å². The standard InChI is InChI=1S/C24H29N5O/c1-28(2)23-14-21(26-24(27-23)18-9-6-12-25-15-18)19-10-7-13-29(16-19)17-20-8-4-5-11-22(20)30-3/h4-6,8-9,11-12,14-15,19H,7,10,13,16-17H2,1-3H3. The van der Waals surface area contributed by atoms with Crippen LogP contribution in [0.15, 0.2) is 54.9 Å². The second kappa shape index (κ2) is 9.22. The van der Waals surface area contributed by atoms with Crippen LogP contribution in [0, 0.1) is 0 Å². The lowest BCUT2D eigenvalue weighted by Gasteiger charge is -2.33. The summed E-state index contributed by atoms with van der Waals surface area (Å²) in [6, 6.07) is 14.4. The Kier molecular flexibility index (Phi) is 6.23. The van der Waals surface area contributed by atoms with Crippen molar-refractivity contribution in [1.82, 2.24) is 19.9 Å². The van der Waals surface area contributed by atoms with E-state index in [1.54, 1.807) is 13.3 Å². The molecule has 6 heteroatoms. The summed E-state index contributed by atoms with van der Waals surface area (Å²) in [7, 11) is 5.78. The molecule has 4 rings (SSSR count). The Morgan fingerprint density at radius 3 is 2.77 bits per heavy atom. The second-order valence-corrected chi connectivity index (χ2v) is 8.00. The van der Waals surface area contributed by atoms with Gasteiger partial charge in [0, 0.05) is 62.7 Å². The molecular formula is C24H29N5O. The lowest BCUT2D eigenvalue weighted by molar-refractivity contribution is 0.196. The van der Waals surface area contributed by atoms with Gasteiger partial charge in [-0.25, -0.2) is 9.97 Å². The number of para-hydroxylation sites is 1. The zero-order chi connectivity index (χ0) is 20.9. The number of piperidine rings is 1. The predicted molar refractivity (Wildman–Crippen MR) is 120 cm³/mol. The molecule has 0 spiro atoms. The fourth-order valence-corrected chi connectivity index (χ4v) is 4.03. The molecule has 156 valence electrons. The van der Waals surface area contributed by atoms with Gasteiger partial charge in [0.25, 0.3) is 0 Å². The van der Waals surface area contributed by atoms with Gasteiger partial charge in [0.1, 0.15) is 11.6 Å².